The van der Waals surface area contributed by atoms with Crippen LogP contribution in [0, 0.1) is 12.7 Å². The van der Waals surface area contributed by atoms with E-state index in [1.165, 1.54) is 6.20 Å². The van der Waals surface area contributed by atoms with Gasteiger partial charge in [-0.05, 0) is 32.3 Å². The van der Waals surface area contributed by atoms with Gasteiger partial charge in [0.2, 0.25) is 11.8 Å². The van der Waals surface area contributed by atoms with Gasteiger partial charge in [0.15, 0.2) is 5.82 Å². The van der Waals surface area contributed by atoms with Crippen molar-refractivity contribution in [1.82, 2.24) is 24.7 Å². The van der Waals surface area contributed by atoms with E-state index in [4.69, 9.17) is 22.1 Å². The summed E-state index contributed by atoms with van der Waals surface area (Å²) in [7, 11) is 0. The van der Waals surface area contributed by atoms with Crippen molar-refractivity contribution in [2.45, 2.75) is 32.2 Å². The Morgan fingerprint density at radius 1 is 1.26 bits per heavy atom. The smallest absolute Gasteiger partial charge is 0.237 e. The van der Waals surface area contributed by atoms with Gasteiger partial charge in [0.25, 0.3) is 0 Å². The highest BCUT2D eigenvalue weighted by Gasteiger charge is 2.40. The number of pyridine rings is 1. The Morgan fingerprint density at radius 2 is 2.09 bits per heavy atom. The second-order valence-electron chi connectivity index (χ2n) is 8.92. The van der Waals surface area contributed by atoms with Crippen LogP contribution in [0.4, 0.5) is 27.4 Å². The maximum absolute atomic E-state index is 15.5. The Morgan fingerprint density at radius 3 is 2.88 bits per heavy atom. The van der Waals surface area contributed by atoms with Crippen LogP contribution < -0.4 is 21.1 Å². The highest BCUT2D eigenvalue weighted by molar-refractivity contribution is 6.38. The molecule has 34 heavy (non-hydrogen) atoms. The highest BCUT2D eigenvalue weighted by Crippen LogP contribution is 2.44. The third kappa shape index (κ3) is 3.20. The first-order valence-corrected chi connectivity index (χ1v) is 11.4. The molecule has 4 N–H and O–H groups in total. The highest BCUT2D eigenvalue weighted by atomic mass is 35.5. The molecule has 6 rings (SSSR count). The van der Waals surface area contributed by atoms with E-state index in [9.17, 15) is 0 Å². The molecule has 1 aliphatic carbocycles. The molecule has 0 spiro atoms. The first kappa shape index (κ1) is 20.9. The zero-order valence-corrected chi connectivity index (χ0v) is 19.4. The lowest BCUT2D eigenvalue weighted by molar-refractivity contribution is 0.310. The van der Waals surface area contributed by atoms with Crippen LogP contribution in [-0.4, -0.2) is 37.9 Å². The fourth-order valence-electron chi connectivity index (χ4n) is 4.21. The van der Waals surface area contributed by atoms with Crippen molar-refractivity contribution in [3.8, 4) is 17.0 Å². The number of hydrogen-bond donors (Lipinski definition) is 3. The van der Waals surface area contributed by atoms with E-state index in [1.807, 2.05) is 17.8 Å². The average molecular weight is 481 g/mol. The first-order valence-electron chi connectivity index (χ1n) is 11.0. The molecule has 0 unspecified atom stereocenters. The predicted molar refractivity (Wildman–Crippen MR) is 129 cm³/mol. The van der Waals surface area contributed by atoms with Crippen molar-refractivity contribution in [2.24, 2.45) is 0 Å². The van der Waals surface area contributed by atoms with Gasteiger partial charge in [0.05, 0.1) is 33.6 Å². The second-order valence-corrected chi connectivity index (χ2v) is 9.30. The van der Waals surface area contributed by atoms with Crippen LogP contribution in [-0.2, 0) is 5.54 Å². The number of benzene rings is 1. The molecule has 11 heteroatoms. The largest absolute Gasteiger partial charge is 0.474 e. The van der Waals surface area contributed by atoms with Crippen molar-refractivity contribution in [2.75, 3.05) is 29.5 Å². The van der Waals surface area contributed by atoms with Crippen LogP contribution in [0.25, 0.3) is 22.0 Å². The Hall–Kier alpha value is -3.66. The summed E-state index contributed by atoms with van der Waals surface area (Å²) in [5.74, 6) is 0.150. The van der Waals surface area contributed by atoms with E-state index >= 15 is 4.39 Å². The number of ether oxygens (including phenoxy) is 1. The summed E-state index contributed by atoms with van der Waals surface area (Å²) in [6.07, 6.45) is 8.86. The monoisotopic (exact) mass is 480 g/mol. The fraction of sp³-hybridized carbons (Fsp3) is 0.304. The summed E-state index contributed by atoms with van der Waals surface area (Å²) in [5.41, 5.74) is 9.40. The third-order valence-corrected chi connectivity index (χ3v) is 6.91. The molecule has 174 valence electrons. The second kappa shape index (κ2) is 7.42. The lowest BCUT2D eigenvalue weighted by atomic mass is 9.98. The molecule has 2 aliphatic rings. The minimum absolute atomic E-state index is 0.0724. The molecule has 1 aliphatic heterocycles. The summed E-state index contributed by atoms with van der Waals surface area (Å²) in [6.45, 7) is 5.17. The zero-order valence-electron chi connectivity index (χ0n) is 18.6. The van der Waals surface area contributed by atoms with Gasteiger partial charge >= 0.3 is 0 Å². The number of nitrogens with one attached hydrogen (secondary N) is 2. The number of nitrogens with two attached hydrogens (primary N) is 1. The van der Waals surface area contributed by atoms with E-state index in [0.717, 1.165) is 24.1 Å². The standard InChI is InChI=1S/C23H22ClFN8O/c1-11-13(8-28-21-19(11)27-5-6-34-21)15-16(24)20-14(18(26)17(15)25)9-29-22(32-20)31-12-7-30-33(10-12)23(2)3-4-23/h7-10,27H,3-6,26H2,1-2H3,(H,29,31,32). The average Bonchev–Trinajstić information content (AvgIpc) is 3.41. The number of aromatic nitrogens is 5. The molecule has 9 nitrogen and oxygen atoms in total. The number of nitrogen functional groups attached to an aromatic ring is 1. The van der Waals surface area contributed by atoms with Gasteiger partial charge in [-0.3, -0.25) is 4.68 Å². The fourth-order valence-corrected chi connectivity index (χ4v) is 4.53. The molecule has 0 radical (unpaired) electrons. The summed E-state index contributed by atoms with van der Waals surface area (Å²) < 4.78 is 23.0. The van der Waals surface area contributed by atoms with E-state index < -0.39 is 5.82 Å². The number of halogens is 2. The van der Waals surface area contributed by atoms with Crippen LogP contribution in [0.5, 0.6) is 5.88 Å². The van der Waals surface area contributed by atoms with Gasteiger partial charge in [-0.25, -0.2) is 19.3 Å². The van der Waals surface area contributed by atoms with Crippen molar-refractivity contribution in [3.63, 3.8) is 0 Å². The Bertz CT molecular complexity index is 1470. The molecule has 1 fully saturated rings. The lowest BCUT2D eigenvalue weighted by Gasteiger charge is -2.22. The predicted octanol–water partition coefficient (Wildman–Crippen LogP) is 4.63. The maximum atomic E-state index is 15.5. The molecule has 0 atom stereocenters. The van der Waals surface area contributed by atoms with Crippen molar-refractivity contribution < 1.29 is 9.13 Å². The number of rotatable bonds is 4. The molecule has 4 aromatic rings. The quantitative estimate of drug-likeness (QED) is 0.362. The van der Waals surface area contributed by atoms with Crippen LogP contribution in [0.1, 0.15) is 25.3 Å². The molecular weight excluding hydrogens is 459 g/mol. The number of hydrogen-bond acceptors (Lipinski definition) is 8. The topological polar surface area (TPSA) is 116 Å². The van der Waals surface area contributed by atoms with Crippen LogP contribution in [0.2, 0.25) is 5.02 Å². The molecule has 0 amide bonds. The van der Waals surface area contributed by atoms with E-state index in [2.05, 4.69) is 37.6 Å². The van der Waals surface area contributed by atoms with Crippen LogP contribution in [0.3, 0.4) is 0 Å². The van der Waals surface area contributed by atoms with Crippen molar-refractivity contribution in [1.29, 1.82) is 0 Å². The molecule has 0 bridgehead atoms. The van der Waals surface area contributed by atoms with Gasteiger partial charge < -0.3 is 21.1 Å². The summed E-state index contributed by atoms with van der Waals surface area (Å²) in [5, 5.41) is 11.3. The van der Waals surface area contributed by atoms with Gasteiger partial charge in [0, 0.05) is 41.6 Å². The van der Waals surface area contributed by atoms with Gasteiger partial charge in [-0.1, -0.05) is 11.6 Å². The summed E-state index contributed by atoms with van der Waals surface area (Å²) in [6, 6.07) is 0. The molecule has 1 aromatic carbocycles. The maximum Gasteiger partial charge on any atom is 0.237 e. The summed E-state index contributed by atoms with van der Waals surface area (Å²) >= 11 is 6.75. The van der Waals surface area contributed by atoms with E-state index in [-0.39, 0.29) is 21.8 Å². The number of nitrogens with zero attached hydrogens (tertiary/aromatic N) is 5. The SMILES string of the molecule is Cc1c(-c2c(F)c(N)c3cnc(Nc4cnn(C5(C)CC5)c4)nc3c2Cl)cnc2c1NCCO2. The van der Waals surface area contributed by atoms with Crippen molar-refractivity contribution in [3.05, 3.63) is 41.2 Å². The summed E-state index contributed by atoms with van der Waals surface area (Å²) in [4.78, 5) is 13.2. The normalized spacial score (nSPS) is 16.0. The molecule has 1 saturated carbocycles. The zero-order chi connectivity index (χ0) is 23.6. The molecule has 0 saturated heterocycles. The first-order chi connectivity index (χ1) is 16.4. The Balaban J connectivity index is 1.44. The molecular formula is C23H22ClFN8O. The third-order valence-electron chi connectivity index (χ3n) is 6.54. The van der Waals surface area contributed by atoms with Gasteiger partial charge in [-0.15, -0.1) is 0 Å². The van der Waals surface area contributed by atoms with Crippen molar-refractivity contribution >= 4 is 45.5 Å². The van der Waals surface area contributed by atoms with Crippen LogP contribution in [0.15, 0.2) is 24.8 Å². The van der Waals surface area contributed by atoms with E-state index in [0.29, 0.717) is 47.1 Å². The number of fused-ring (bicyclic) bond motifs is 2. The van der Waals surface area contributed by atoms with E-state index in [1.54, 1.807) is 12.4 Å². The Labute approximate surface area is 199 Å². The lowest BCUT2D eigenvalue weighted by Crippen LogP contribution is -2.20. The molecule has 4 heterocycles. The minimum atomic E-state index is -0.637. The Kier molecular flexibility index (Phi) is 4.57. The van der Waals surface area contributed by atoms with Gasteiger partial charge in [-0.2, -0.15) is 5.10 Å². The molecule has 3 aromatic heterocycles. The number of anilines is 4. The minimum Gasteiger partial charge on any atom is -0.474 e. The van der Waals surface area contributed by atoms with Crippen LogP contribution >= 0.6 is 11.6 Å². The van der Waals surface area contributed by atoms with Gasteiger partial charge in [0.1, 0.15) is 12.3 Å².